The Hall–Kier alpha value is -1.05. The Morgan fingerprint density at radius 3 is 1.42 bits per heavy atom. The van der Waals surface area contributed by atoms with Crippen LogP contribution in [0.3, 0.4) is 0 Å². The van der Waals surface area contributed by atoms with Crippen molar-refractivity contribution in [3.05, 3.63) is 29.3 Å². The standard InChI is InChI=1S/C16H23F6O3P/c1-13(2,3)10-8-7-9-11(14(4,5)6)12(10)25-26(22,23,24)16(20,21)15(17,18)19/h7-9,23-24H,1-6H3. The summed E-state index contributed by atoms with van der Waals surface area (Å²) >= 11 is 0. The van der Waals surface area contributed by atoms with Gasteiger partial charge in [0.15, 0.2) is 0 Å². The minimum absolute atomic E-state index is 0.0534. The second-order valence-corrected chi connectivity index (χ2v) is 10.6. The van der Waals surface area contributed by atoms with E-state index in [0.29, 0.717) is 0 Å². The molecule has 0 aliphatic carbocycles. The van der Waals surface area contributed by atoms with Crippen molar-refractivity contribution in [2.24, 2.45) is 0 Å². The Morgan fingerprint density at radius 2 is 1.15 bits per heavy atom. The van der Waals surface area contributed by atoms with Crippen LogP contribution >= 0.6 is 7.59 Å². The van der Waals surface area contributed by atoms with Gasteiger partial charge in [0.25, 0.3) is 0 Å². The number of alkyl halides is 5. The van der Waals surface area contributed by atoms with Crippen molar-refractivity contribution in [2.75, 3.05) is 0 Å². The summed E-state index contributed by atoms with van der Waals surface area (Å²) in [6.07, 6.45) is -6.55. The zero-order chi connectivity index (χ0) is 21.0. The van der Waals surface area contributed by atoms with Gasteiger partial charge in [-0.1, -0.05) is 0 Å². The Balaban J connectivity index is 3.77. The predicted octanol–water partition coefficient (Wildman–Crippen LogP) is 5.98. The fourth-order valence-corrected chi connectivity index (χ4v) is 3.31. The Kier molecular flexibility index (Phi) is 5.28. The maximum atomic E-state index is 14.4. The Morgan fingerprint density at radius 1 is 0.808 bits per heavy atom. The zero-order valence-electron chi connectivity index (χ0n) is 15.2. The van der Waals surface area contributed by atoms with Gasteiger partial charge in [0.2, 0.25) is 0 Å². The second-order valence-electron chi connectivity index (χ2n) is 8.16. The van der Waals surface area contributed by atoms with Gasteiger partial charge in [-0.15, -0.1) is 0 Å². The van der Waals surface area contributed by atoms with E-state index >= 15 is 0 Å². The van der Waals surface area contributed by atoms with Gasteiger partial charge < -0.3 is 0 Å². The van der Waals surface area contributed by atoms with Gasteiger partial charge in [-0.25, -0.2) is 0 Å². The molecule has 1 aromatic carbocycles. The van der Waals surface area contributed by atoms with E-state index in [1.807, 2.05) is 0 Å². The van der Waals surface area contributed by atoms with E-state index < -0.39 is 36.0 Å². The van der Waals surface area contributed by atoms with Crippen LogP contribution in [-0.4, -0.2) is 21.6 Å². The zero-order valence-corrected chi connectivity index (χ0v) is 16.1. The van der Waals surface area contributed by atoms with E-state index in [0.717, 1.165) is 0 Å². The monoisotopic (exact) mass is 408 g/mol. The molecule has 0 saturated carbocycles. The number of hydrogen-bond donors (Lipinski definition) is 2. The van der Waals surface area contributed by atoms with E-state index in [1.165, 1.54) is 18.2 Å². The minimum atomic E-state index is -8.48. The fourth-order valence-electron chi connectivity index (χ4n) is 2.25. The Labute approximate surface area is 148 Å². The molecule has 2 N–H and O–H groups in total. The van der Waals surface area contributed by atoms with Gasteiger partial charge in [-0.3, -0.25) is 0 Å². The van der Waals surface area contributed by atoms with Crippen LogP contribution in [0.4, 0.5) is 26.1 Å². The average Bonchev–Trinajstić information content (AvgIpc) is 2.33. The molecule has 0 atom stereocenters. The molecular weight excluding hydrogens is 385 g/mol. The summed E-state index contributed by atoms with van der Waals surface area (Å²) in [6.45, 7) is 9.53. The molecule has 0 fully saturated rings. The van der Waals surface area contributed by atoms with Crippen molar-refractivity contribution < 1.29 is 40.5 Å². The van der Waals surface area contributed by atoms with Gasteiger partial charge in [0.05, 0.1) is 0 Å². The van der Waals surface area contributed by atoms with Crippen LogP contribution < -0.4 is 4.52 Å². The first-order valence-electron chi connectivity index (χ1n) is 7.62. The van der Waals surface area contributed by atoms with E-state index in [-0.39, 0.29) is 11.1 Å². The van der Waals surface area contributed by atoms with Crippen LogP contribution in [-0.2, 0) is 10.8 Å². The molecule has 0 aliphatic heterocycles. The van der Waals surface area contributed by atoms with Crippen molar-refractivity contribution in [1.29, 1.82) is 0 Å². The van der Waals surface area contributed by atoms with Crippen molar-refractivity contribution in [2.45, 2.75) is 64.2 Å². The van der Waals surface area contributed by atoms with Gasteiger partial charge >= 0.3 is 147 Å². The van der Waals surface area contributed by atoms with Crippen molar-refractivity contribution in [3.63, 3.8) is 0 Å². The molecule has 26 heavy (non-hydrogen) atoms. The second kappa shape index (κ2) is 5.97. The summed E-state index contributed by atoms with van der Waals surface area (Å²) in [4.78, 5) is 18.8. The fraction of sp³-hybridized carbons (Fsp3) is 0.625. The van der Waals surface area contributed by atoms with Crippen molar-refractivity contribution in [3.8, 4) is 5.75 Å². The molecule has 1 rings (SSSR count). The normalized spacial score (nSPS) is 16.2. The molecule has 10 heteroatoms. The molecule has 1 aromatic rings. The van der Waals surface area contributed by atoms with E-state index in [4.69, 9.17) is 0 Å². The van der Waals surface area contributed by atoms with Gasteiger partial charge in [-0.2, -0.15) is 0 Å². The van der Waals surface area contributed by atoms with Crippen molar-refractivity contribution >= 4 is 7.59 Å². The molecule has 3 nitrogen and oxygen atoms in total. The molecule has 152 valence electrons. The molecule has 0 amide bonds. The molecule has 0 spiro atoms. The molecule has 0 saturated heterocycles. The topological polar surface area (TPSA) is 49.7 Å². The third-order valence-electron chi connectivity index (χ3n) is 3.70. The Bertz CT molecular complexity index is 646. The predicted molar refractivity (Wildman–Crippen MR) is 87.9 cm³/mol. The quantitative estimate of drug-likeness (QED) is 0.478. The molecule has 0 heterocycles. The van der Waals surface area contributed by atoms with Crippen molar-refractivity contribution in [1.82, 2.24) is 0 Å². The first-order valence-corrected chi connectivity index (χ1v) is 9.57. The van der Waals surface area contributed by atoms with Crippen LogP contribution in [0.15, 0.2) is 18.2 Å². The summed E-state index contributed by atoms with van der Waals surface area (Å²) in [6, 6.07) is 4.17. The molecule has 0 bridgehead atoms. The first-order chi connectivity index (χ1) is 11.1. The number of para-hydroxylation sites is 1. The van der Waals surface area contributed by atoms with Gasteiger partial charge in [0.1, 0.15) is 0 Å². The molecular formula is C16H23F6O3P. The average molecular weight is 408 g/mol. The summed E-state index contributed by atoms with van der Waals surface area (Å²) in [7, 11) is -8.48. The SMILES string of the molecule is CC(C)(C)c1cccc(C(C)(C)C)c1OP(O)(O)(F)C(F)(F)C(F)(F)F. The van der Waals surface area contributed by atoms with E-state index in [9.17, 15) is 35.9 Å². The van der Waals surface area contributed by atoms with Crippen LogP contribution in [0.25, 0.3) is 0 Å². The van der Waals surface area contributed by atoms with E-state index in [1.54, 1.807) is 41.5 Å². The van der Waals surface area contributed by atoms with Crippen LogP contribution in [0, 0.1) is 0 Å². The van der Waals surface area contributed by atoms with Gasteiger partial charge in [-0.05, 0) is 0 Å². The first kappa shape index (κ1) is 23.0. The number of benzene rings is 1. The summed E-state index contributed by atoms with van der Waals surface area (Å²) < 4.78 is 83.5. The summed E-state index contributed by atoms with van der Waals surface area (Å²) in [5, 5.41) is 0. The molecule has 0 unspecified atom stereocenters. The van der Waals surface area contributed by atoms with E-state index in [2.05, 4.69) is 4.52 Å². The molecule has 0 radical (unpaired) electrons. The summed E-state index contributed by atoms with van der Waals surface area (Å²) in [5.41, 5.74) is -8.12. The van der Waals surface area contributed by atoms with Gasteiger partial charge in [0, 0.05) is 0 Å². The molecule has 0 aromatic heterocycles. The maximum absolute atomic E-state index is 14.4. The van der Waals surface area contributed by atoms with Crippen LogP contribution in [0.1, 0.15) is 52.7 Å². The number of hydrogen-bond acceptors (Lipinski definition) is 3. The van der Waals surface area contributed by atoms with Crippen LogP contribution in [0.5, 0.6) is 5.75 Å². The number of rotatable bonds is 3. The number of halogens is 6. The van der Waals surface area contributed by atoms with Crippen LogP contribution in [0.2, 0.25) is 0 Å². The third-order valence-corrected chi connectivity index (χ3v) is 5.40. The molecule has 0 aliphatic rings. The summed E-state index contributed by atoms with van der Waals surface area (Å²) in [5.74, 6) is -0.735. The third kappa shape index (κ3) is 4.10.